The zero-order chi connectivity index (χ0) is 17.5. The highest BCUT2D eigenvalue weighted by molar-refractivity contribution is 6.30. The number of aromatic nitrogens is 3. The van der Waals surface area contributed by atoms with Gasteiger partial charge in [-0.15, -0.1) is 0 Å². The lowest BCUT2D eigenvalue weighted by molar-refractivity contribution is -0.137. The zero-order valence-corrected chi connectivity index (χ0v) is 13.9. The Hall–Kier alpha value is -2.61. The minimum atomic E-state index is -0.884. The molecule has 0 spiro atoms. The molecule has 0 aliphatic rings. The molecule has 2 aromatic rings. The Morgan fingerprint density at radius 2 is 2.12 bits per heavy atom. The number of nitrogens with one attached hydrogen (secondary N) is 2. The number of pyridine rings is 1. The molecule has 3 N–H and O–H groups in total. The van der Waals surface area contributed by atoms with E-state index in [9.17, 15) is 9.59 Å². The van der Waals surface area contributed by atoms with Gasteiger partial charge in [-0.25, -0.2) is 14.5 Å². The van der Waals surface area contributed by atoms with Gasteiger partial charge in [-0.2, -0.15) is 5.10 Å². The predicted octanol–water partition coefficient (Wildman–Crippen LogP) is 1.89. The van der Waals surface area contributed by atoms with Crippen molar-refractivity contribution in [3.8, 4) is 5.82 Å². The van der Waals surface area contributed by atoms with Crippen LogP contribution >= 0.6 is 11.6 Å². The number of carbonyl (C=O) groups is 2. The number of amides is 2. The van der Waals surface area contributed by atoms with Crippen LogP contribution in [0.25, 0.3) is 5.82 Å². The number of carboxylic acids is 1. The molecule has 0 radical (unpaired) electrons. The van der Waals surface area contributed by atoms with Crippen molar-refractivity contribution >= 4 is 23.6 Å². The summed E-state index contributed by atoms with van der Waals surface area (Å²) in [6.45, 7) is 2.41. The van der Waals surface area contributed by atoms with Gasteiger partial charge in [-0.05, 0) is 19.4 Å². The summed E-state index contributed by atoms with van der Waals surface area (Å²) in [7, 11) is 0. The van der Waals surface area contributed by atoms with Gasteiger partial charge in [-0.3, -0.25) is 4.79 Å². The number of carbonyl (C=O) groups excluding carboxylic acids is 1. The lowest BCUT2D eigenvalue weighted by Crippen LogP contribution is -2.36. The van der Waals surface area contributed by atoms with E-state index in [-0.39, 0.29) is 19.0 Å². The van der Waals surface area contributed by atoms with Crippen molar-refractivity contribution in [1.29, 1.82) is 0 Å². The van der Waals surface area contributed by atoms with Crippen LogP contribution in [0.5, 0.6) is 0 Å². The minimum Gasteiger partial charge on any atom is -0.481 e. The molecular formula is C15H18ClN5O3. The summed E-state index contributed by atoms with van der Waals surface area (Å²) in [5, 5.41) is 18.5. The number of urea groups is 1. The first-order valence-electron chi connectivity index (χ1n) is 7.36. The van der Waals surface area contributed by atoms with E-state index in [1.54, 1.807) is 10.9 Å². The Balaban J connectivity index is 1.95. The SMILES string of the molecule is Cc1ccc(CNC(=O)NCCCC(=O)O)c(-n2cc(Cl)cn2)n1. The fourth-order valence-electron chi connectivity index (χ4n) is 2.00. The summed E-state index contributed by atoms with van der Waals surface area (Å²) in [6, 6.07) is 3.33. The van der Waals surface area contributed by atoms with E-state index in [4.69, 9.17) is 16.7 Å². The molecule has 0 fully saturated rings. The van der Waals surface area contributed by atoms with E-state index in [2.05, 4.69) is 20.7 Å². The second-order valence-electron chi connectivity index (χ2n) is 5.15. The van der Waals surface area contributed by atoms with Gasteiger partial charge in [0.1, 0.15) is 0 Å². The van der Waals surface area contributed by atoms with Gasteiger partial charge >= 0.3 is 12.0 Å². The van der Waals surface area contributed by atoms with Crippen LogP contribution in [0.2, 0.25) is 5.02 Å². The normalized spacial score (nSPS) is 10.4. The quantitative estimate of drug-likeness (QED) is 0.660. The lowest BCUT2D eigenvalue weighted by Gasteiger charge is -2.11. The van der Waals surface area contributed by atoms with Crippen molar-refractivity contribution in [3.05, 3.63) is 40.8 Å². The summed E-state index contributed by atoms with van der Waals surface area (Å²) >= 11 is 5.89. The van der Waals surface area contributed by atoms with Crippen LogP contribution in [0, 0.1) is 6.92 Å². The molecule has 8 nitrogen and oxygen atoms in total. The van der Waals surface area contributed by atoms with Crippen molar-refractivity contribution in [2.75, 3.05) is 6.54 Å². The molecule has 24 heavy (non-hydrogen) atoms. The highest BCUT2D eigenvalue weighted by Crippen LogP contribution is 2.15. The highest BCUT2D eigenvalue weighted by Gasteiger charge is 2.10. The van der Waals surface area contributed by atoms with Crippen LogP contribution in [0.3, 0.4) is 0 Å². The molecule has 128 valence electrons. The van der Waals surface area contributed by atoms with Gasteiger partial charge in [0, 0.05) is 30.8 Å². The van der Waals surface area contributed by atoms with Crippen LogP contribution in [0.1, 0.15) is 24.1 Å². The maximum absolute atomic E-state index is 11.7. The van der Waals surface area contributed by atoms with Crippen LogP contribution in [-0.2, 0) is 11.3 Å². The topological polar surface area (TPSA) is 109 Å². The highest BCUT2D eigenvalue weighted by atomic mass is 35.5. The van der Waals surface area contributed by atoms with Gasteiger partial charge in [0.15, 0.2) is 5.82 Å². The van der Waals surface area contributed by atoms with Gasteiger partial charge in [0.2, 0.25) is 0 Å². The number of rotatable bonds is 7. The van der Waals surface area contributed by atoms with Gasteiger partial charge < -0.3 is 15.7 Å². The molecule has 2 amide bonds. The third-order valence-electron chi connectivity index (χ3n) is 3.16. The molecule has 0 atom stereocenters. The van der Waals surface area contributed by atoms with E-state index in [1.807, 2.05) is 19.1 Å². The summed E-state index contributed by atoms with van der Waals surface area (Å²) in [5.41, 5.74) is 1.60. The van der Waals surface area contributed by atoms with Crippen molar-refractivity contribution in [2.45, 2.75) is 26.3 Å². The fraction of sp³-hybridized carbons (Fsp3) is 0.333. The third-order valence-corrected chi connectivity index (χ3v) is 3.35. The number of aliphatic carboxylic acids is 1. The first-order chi connectivity index (χ1) is 11.5. The molecule has 0 aliphatic carbocycles. The van der Waals surface area contributed by atoms with Gasteiger partial charge in [0.05, 0.1) is 17.4 Å². The number of nitrogens with zero attached hydrogens (tertiary/aromatic N) is 3. The monoisotopic (exact) mass is 351 g/mol. The summed E-state index contributed by atoms with van der Waals surface area (Å²) in [6.07, 6.45) is 3.55. The molecule has 2 heterocycles. The maximum atomic E-state index is 11.7. The summed E-state index contributed by atoms with van der Waals surface area (Å²) in [4.78, 5) is 26.6. The zero-order valence-electron chi connectivity index (χ0n) is 13.1. The summed E-state index contributed by atoms with van der Waals surface area (Å²) in [5.74, 6) is -0.293. The Morgan fingerprint density at radius 3 is 2.79 bits per heavy atom. The lowest BCUT2D eigenvalue weighted by atomic mass is 10.2. The molecule has 0 bridgehead atoms. The number of hydrogen-bond donors (Lipinski definition) is 3. The average molecular weight is 352 g/mol. The van der Waals surface area contributed by atoms with Crippen molar-refractivity contribution in [1.82, 2.24) is 25.4 Å². The summed E-state index contributed by atoms with van der Waals surface area (Å²) < 4.78 is 1.55. The molecule has 2 aromatic heterocycles. The fourth-order valence-corrected chi connectivity index (χ4v) is 2.14. The average Bonchev–Trinajstić information content (AvgIpc) is 2.96. The Kier molecular flexibility index (Phi) is 6.14. The molecule has 0 saturated heterocycles. The van der Waals surface area contributed by atoms with E-state index in [1.165, 1.54) is 6.20 Å². The van der Waals surface area contributed by atoms with Crippen molar-refractivity contribution in [2.24, 2.45) is 0 Å². The Morgan fingerprint density at radius 1 is 1.33 bits per heavy atom. The van der Waals surface area contributed by atoms with E-state index < -0.39 is 5.97 Å². The molecule has 2 rings (SSSR count). The van der Waals surface area contributed by atoms with Crippen LogP contribution in [0.4, 0.5) is 4.79 Å². The van der Waals surface area contributed by atoms with Gasteiger partial charge in [0.25, 0.3) is 0 Å². The van der Waals surface area contributed by atoms with E-state index in [0.717, 1.165) is 11.3 Å². The largest absolute Gasteiger partial charge is 0.481 e. The van der Waals surface area contributed by atoms with Crippen LogP contribution < -0.4 is 10.6 Å². The first kappa shape index (κ1) is 17.7. The molecular weight excluding hydrogens is 334 g/mol. The van der Waals surface area contributed by atoms with Crippen LogP contribution in [0.15, 0.2) is 24.5 Å². The number of carboxylic acid groups (broad SMARTS) is 1. The van der Waals surface area contributed by atoms with Crippen molar-refractivity contribution in [3.63, 3.8) is 0 Å². The molecule has 0 aromatic carbocycles. The molecule has 0 saturated carbocycles. The van der Waals surface area contributed by atoms with Gasteiger partial charge in [-0.1, -0.05) is 17.7 Å². The molecule has 0 unspecified atom stereocenters. The third kappa shape index (κ3) is 5.24. The van der Waals surface area contributed by atoms with Crippen molar-refractivity contribution < 1.29 is 14.7 Å². The second-order valence-corrected chi connectivity index (χ2v) is 5.58. The molecule has 0 aliphatic heterocycles. The molecule has 9 heteroatoms. The minimum absolute atomic E-state index is 0.0202. The predicted molar refractivity (Wildman–Crippen MR) is 88.2 cm³/mol. The maximum Gasteiger partial charge on any atom is 0.315 e. The number of hydrogen-bond acceptors (Lipinski definition) is 4. The smallest absolute Gasteiger partial charge is 0.315 e. The standard InChI is InChI=1S/C15H18ClN5O3/c1-10-4-5-11(14(20-10)21-9-12(16)8-19-21)7-18-15(24)17-6-2-3-13(22)23/h4-5,8-9H,2-3,6-7H2,1H3,(H,22,23)(H2,17,18,24). The van der Waals surface area contributed by atoms with E-state index in [0.29, 0.717) is 23.8 Å². The second kappa shape index (κ2) is 8.30. The number of aryl methyl sites for hydroxylation is 1. The van der Waals surface area contributed by atoms with E-state index >= 15 is 0 Å². The Bertz CT molecular complexity index is 732. The first-order valence-corrected chi connectivity index (χ1v) is 7.74. The van der Waals surface area contributed by atoms with Crippen LogP contribution in [-0.4, -0.2) is 38.4 Å². The Labute approximate surface area is 143 Å². The number of halogens is 1.